The number of hydrogen-bond acceptors (Lipinski definition) is 4. The molecule has 0 fully saturated rings. The first-order valence-electron chi connectivity index (χ1n) is 10.9. The molecule has 0 aliphatic carbocycles. The third-order valence-electron chi connectivity index (χ3n) is 5.53. The van der Waals surface area contributed by atoms with Crippen LogP contribution in [0.1, 0.15) is 35.6 Å². The first-order valence-corrected chi connectivity index (χ1v) is 13.1. The summed E-state index contributed by atoms with van der Waals surface area (Å²) in [6.07, 6.45) is 1.65. The lowest BCUT2D eigenvalue weighted by Crippen LogP contribution is -2.33. The molecule has 0 saturated carbocycles. The Kier molecular flexibility index (Phi) is 8.58. The number of nitrogens with zero attached hydrogens (tertiary/aromatic N) is 1. The van der Waals surface area contributed by atoms with Crippen LogP contribution in [0.2, 0.25) is 5.02 Å². The van der Waals surface area contributed by atoms with Gasteiger partial charge in [-0.05, 0) is 48.2 Å². The van der Waals surface area contributed by atoms with E-state index in [-0.39, 0.29) is 24.9 Å². The number of nitrogens with one attached hydrogen (secondary N) is 1. The lowest BCUT2D eigenvalue weighted by Gasteiger charge is -2.24. The van der Waals surface area contributed by atoms with Crippen LogP contribution in [0.15, 0.2) is 72.8 Å². The van der Waals surface area contributed by atoms with Gasteiger partial charge in [0.2, 0.25) is 15.9 Å². The zero-order valence-corrected chi connectivity index (χ0v) is 21.1. The number of anilines is 1. The van der Waals surface area contributed by atoms with E-state index < -0.39 is 10.0 Å². The third kappa shape index (κ3) is 6.52. The van der Waals surface area contributed by atoms with Gasteiger partial charge in [0.1, 0.15) is 5.75 Å². The zero-order valence-electron chi connectivity index (χ0n) is 19.5. The molecular formula is C26H29ClN2O4S. The molecule has 8 heteroatoms. The minimum Gasteiger partial charge on any atom is -0.495 e. The molecule has 0 spiro atoms. The number of rotatable bonds is 10. The quantitative estimate of drug-likeness (QED) is 0.419. The summed E-state index contributed by atoms with van der Waals surface area (Å²) in [5.74, 6) is 0.305. The van der Waals surface area contributed by atoms with E-state index in [1.165, 1.54) is 11.4 Å². The van der Waals surface area contributed by atoms with Gasteiger partial charge in [0.25, 0.3) is 0 Å². The maximum Gasteiger partial charge on any atom is 0.232 e. The molecule has 6 nitrogen and oxygen atoms in total. The summed E-state index contributed by atoms with van der Waals surface area (Å²) in [5, 5.41) is 3.44. The molecule has 1 N–H and O–H groups in total. The van der Waals surface area contributed by atoms with Crippen molar-refractivity contribution in [3.05, 3.63) is 94.5 Å². The van der Waals surface area contributed by atoms with Crippen LogP contribution in [-0.4, -0.2) is 34.2 Å². The summed E-state index contributed by atoms with van der Waals surface area (Å²) in [7, 11) is -2.07. The van der Waals surface area contributed by atoms with E-state index in [2.05, 4.69) is 5.32 Å². The van der Waals surface area contributed by atoms with Gasteiger partial charge in [-0.3, -0.25) is 9.10 Å². The average Bonchev–Trinajstić information content (AvgIpc) is 2.80. The molecular weight excluding hydrogens is 472 g/mol. The van der Waals surface area contributed by atoms with Crippen molar-refractivity contribution >= 4 is 33.2 Å². The second-order valence-corrected chi connectivity index (χ2v) is 10.3. The second kappa shape index (κ2) is 11.4. The Bertz CT molecular complexity index is 1230. The van der Waals surface area contributed by atoms with Crippen LogP contribution < -0.4 is 14.4 Å². The Morgan fingerprint density at radius 1 is 1.06 bits per heavy atom. The lowest BCUT2D eigenvalue weighted by molar-refractivity contribution is -0.121. The highest BCUT2D eigenvalue weighted by atomic mass is 35.5. The predicted molar refractivity (Wildman–Crippen MR) is 137 cm³/mol. The third-order valence-corrected chi connectivity index (χ3v) is 7.02. The number of ether oxygens (including phenoxy) is 1. The molecule has 0 bridgehead atoms. The number of benzene rings is 3. The van der Waals surface area contributed by atoms with Crippen molar-refractivity contribution in [2.75, 3.05) is 24.2 Å². The summed E-state index contributed by atoms with van der Waals surface area (Å²) in [6, 6.07) is 22.2. The number of amides is 1. The minimum atomic E-state index is -3.56. The summed E-state index contributed by atoms with van der Waals surface area (Å²) < 4.78 is 31.2. The number of methoxy groups -OCH3 is 1. The van der Waals surface area contributed by atoms with Gasteiger partial charge in [-0.15, -0.1) is 0 Å². The van der Waals surface area contributed by atoms with Gasteiger partial charge >= 0.3 is 0 Å². The molecule has 3 aromatic carbocycles. The number of sulfonamides is 1. The molecule has 34 heavy (non-hydrogen) atoms. The van der Waals surface area contributed by atoms with Gasteiger partial charge in [-0.2, -0.15) is 0 Å². The summed E-state index contributed by atoms with van der Waals surface area (Å²) in [5.41, 5.74) is 3.51. The van der Waals surface area contributed by atoms with E-state index in [4.69, 9.17) is 16.3 Å². The van der Waals surface area contributed by atoms with Gasteiger partial charge in [-0.1, -0.05) is 66.2 Å². The summed E-state index contributed by atoms with van der Waals surface area (Å²) in [6.45, 7) is 2.16. The van der Waals surface area contributed by atoms with E-state index in [9.17, 15) is 13.2 Å². The smallest absolute Gasteiger partial charge is 0.232 e. The highest BCUT2D eigenvalue weighted by Gasteiger charge is 2.21. The largest absolute Gasteiger partial charge is 0.495 e. The Balaban J connectivity index is 1.71. The van der Waals surface area contributed by atoms with Crippen LogP contribution in [-0.2, 0) is 14.8 Å². The van der Waals surface area contributed by atoms with Crippen molar-refractivity contribution < 1.29 is 17.9 Å². The molecule has 0 aliphatic rings. The van der Waals surface area contributed by atoms with E-state index >= 15 is 0 Å². The van der Waals surface area contributed by atoms with Crippen molar-refractivity contribution in [2.24, 2.45) is 0 Å². The van der Waals surface area contributed by atoms with Crippen LogP contribution >= 0.6 is 11.6 Å². The predicted octanol–water partition coefficient (Wildman–Crippen LogP) is 5.11. The van der Waals surface area contributed by atoms with E-state index in [0.29, 0.717) is 22.9 Å². The lowest BCUT2D eigenvalue weighted by atomic mass is 9.95. The normalized spacial score (nSPS) is 12.1. The van der Waals surface area contributed by atoms with Gasteiger partial charge in [0.05, 0.1) is 30.1 Å². The van der Waals surface area contributed by atoms with Crippen LogP contribution in [0.25, 0.3) is 0 Å². The zero-order chi connectivity index (χ0) is 24.7. The number of halogens is 1. The monoisotopic (exact) mass is 500 g/mol. The number of carbonyl (C=O) groups excluding carboxylic acids is 1. The standard InChI is InChI=1S/C26H29ClN2O4S/c1-19-10-7-8-13-22(19)26(20-11-5-4-6-12-20)28-25(30)14-9-17-29(34(3,31)32)21-15-16-24(33-2)23(27)18-21/h4-8,10-13,15-16,18,26H,9,14,17H2,1-3H3,(H,28,30). The van der Waals surface area contributed by atoms with Crippen molar-refractivity contribution in [1.82, 2.24) is 5.32 Å². The van der Waals surface area contributed by atoms with Gasteiger partial charge in [0, 0.05) is 13.0 Å². The molecule has 0 saturated heterocycles. The molecule has 1 amide bonds. The molecule has 3 aromatic rings. The van der Waals surface area contributed by atoms with E-state index in [0.717, 1.165) is 22.9 Å². The molecule has 180 valence electrons. The molecule has 0 aromatic heterocycles. The minimum absolute atomic E-state index is 0.148. The van der Waals surface area contributed by atoms with Crippen molar-refractivity contribution in [3.63, 3.8) is 0 Å². The Morgan fingerprint density at radius 2 is 1.74 bits per heavy atom. The number of hydrogen-bond donors (Lipinski definition) is 1. The maximum atomic E-state index is 12.9. The van der Waals surface area contributed by atoms with E-state index in [1.54, 1.807) is 18.2 Å². The molecule has 0 radical (unpaired) electrons. The van der Waals surface area contributed by atoms with E-state index in [1.807, 2.05) is 61.5 Å². The Hall–Kier alpha value is -3.03. The maximum absolute atomic E-state index is 12.9. The highest BCUT2D eigenvalue weighted by Crippen LogP contribution is 2.30. The van der Waals surface area contributed by atoms with Crippen LogP contribution in [0, 0.1) is 6.92 Å². The molecule has 0 heterocycles. The number of carbonyl (C=O) groups is 1. The average molecular weight is 501 g/mol. The first-order chi connectivity index (χ1) is 16.2. The van der Waals surface area contributed by atoms with Gasteiger partial charge in [-0.25, -0.2) is 8.42 Å². The summed E-state index contributed by atoms with van der Waals surface area (Å²) >= 11 is 6.18. The van der Waals surface area contributed by atoms with Crippen LogP contribution in [0.3, 0.4) is 0 Å². The van der Waals surface area contributed by atoms with Crippen LogP contribution in [0.4, 0.5) is 5.69 Å². The molecule has 1 atom stereocenters. The fraction of sp³-hybridized carbons (Fsp3) is 0.269. The van der Waals surface area contributed by atoms with Crippen molar-refractivity contribution in [1.29, 1.82) is 0 Å². The van der Waals surface area contributed by atoms with Crippen molar-refractivity contribution in [2.45, 2.75) is 25.8 Å². The SMILES string of the molecule is COc1ccc(N(CCCC(=O)NC(c2ccccc2)c2ccccc2C)S(C)(=O)=O)cc1Cl. The highest BCUT2D eigenvalue weighted by molar-refractivity contribution is 7.92. The first kappa shape index (κ1) is 25.6. The van der Waals surface area contributed by atoms with Crippen LogP contribution in [0.5, 0.6) is 5.75 Å². The van der Waals surface area contributed by atoms with Crippen molar-refractivity contribution in [3.8, 4) is 5.75 Å². The van der Waals surface area contributed by atoms with Gasteiger partial charge in [0.15, 0.2) is 0 Å². The topological polar surface area (TPSA) is 75.7 Å². The fourth-order valence-electron chi connectivity index (χ4n) is 3.81. The molecule has 3 rings (SSSR count). The summed E-state index contributed by atoms with van der Waals surface area (Å²) in [4.78, 5) is 12.9. The second-order valence-electron chi connectivity index (χ2n) is 8.03. The molecule has 0 aliphatic heterocycles. The Morgan fingerprint density at radius 3 is 2.35 bits per heavy atom. The Labute approximate surface area is 206 Å². The molecule has 1 unspecified atom stereocenters. The fourth-order valence-corrected chi connectivity index (χ4v) is 5.02. The van der Waals surface area contributed by atoms with Gasteiger partial charge < -0.3 is 10.1 Å². The number of aryl methyl sites for hydroxylation is 1.